The summed E-state index contributed by atoms with van der Waals surface area (Å²) >= 11 is 11.9. The van der Waals surface area contributed by atoms with Crippen molar-refractivity contribution >= 4 is 34.6 Å². The lowest BCUT2D eigenvalue weighted by Crippen LogP contribution is -2.39. The first kappa shape index (κ1) is 21.2. The zero-order chi connectivity index (χ0) is 19.9. The number of rotatable bonds is 7. The summed E-state index contributed by atoms with van der Waals surface area (Å²) in [6.07, 6.45) is 5.45. The Morgan fingerprint density at radius 3 is 3.00 bits per heavy atom. The number of piperidine rings is 1. The second kappa shape index (κ2) is 10.3. The predicted molar refractivity (Wildman–Crippen MR) is 121 cm³/mol. The SMILES string of the molecule is Cc1ccc(Cl)cc1NC(=S)N(CCCN1CCC[C@@H](C)C1)Cc1ccco1. The number of hydrogen-bond acceptors (Lipinski definition) is 3. The third-order valence-electron chi connectivity index (χ3n) is 5.30. The van der Waals surface area contributed by atoms with Crippen LogP contribution in [0.15, 0.2) is 41.0 Å². The van der Waals surface area contributed by atoms with E-state index in [0.717, 1.165) is 42.4 Å². The molecule has 2 heterocycles. The van der Waals surface area contributed by atoms with Gasteiger partial charge in [-0.3, -0.25) is 0 Å². The van der Waals surface area contributed by atoms with Gasteiger partial charge < -0.3 is 19.5 Å². The van der Waals surface area contributed by atoms with Gasteiger partial charge in [0.15, 0.2) is 5.11 Å². The van der Waals surface area contributed by atoms with Crippen LogP contribution in [0.4, 0.5) is 5.69 Å². The Bertz CT molecular complexity index is 765. The van der Waals surface area contributed by atoms with Gasteiger partial charge in [0.2, 0.25) is 0 Å². The molecule has 1 fully saturated rings. The quantitative estimate of drug-likeness (QED) is 0.593. The summed E-state index contributed by atoms with van der Waals surface area (Å²) in [5.74, 6) is 1.72. The number of nitrogens with one attached hydrogen (secondary N) is 1. The van der Waals surface area contributed by atoms with E-state index in [9.17, 15) is 0 Å². The zero-order valence-electron chi connectivity index (χ0n) is 16.8. The van der Waals surface area contributed by atoms with E-state index in [2.05, 4.69) is 29.0 Å². The van der Waals surface area contributed by atoms with Crippen molar-refractivity contribution in [2.75, 3.05) is 31.5 Å². The summed E-state index contributed by atoms with van der Waals surface area (Å²) < 4.78 is 5.56. The average Bonchev–Trinajstić information content (AvgIpc) is 3.17. The molecule has 28 heavy (non-hydrogen) atoms. The minimum Gasteiger partial charge on any atom is -0.467 e. The fourth-order valence-electron chi connectivity index (χ4n) is 3.74. The van der Waals surface area contributed by atoms with Gasteiger partial charge in [-0.05, 0) is 87.2 Å². The second-order valence-electron chi connectivity index (χ2n) is 7.79. The van der Waals surface area contributed by atoms with Crippen molar-refractivity contribution in [3.8, 4) is 0 Å². The Kier molecular flexibility index (Phi) is 7.77. The standard InChI is InChI=1S/C22H30ClN3OS/c1-17-6-3-10-25(15-17)11-5-12-26(16-20-7-4-13-27-20)22(28)24-21-14-19(23)9-8-18(21)2/h4,7-9,13-14,17H,3,5-6,10-12,15-16H2,1-2H3,(H,24,28)/t17-/m1/s1. The molecule has 1 aliphatic rings. The van der Waals surface area contributed by atoms with Crippen LogP contribution in [0.25, 0.3) is 0 Å². The van der Waals surface area contributed by atoms with Crippen LogP contribution < -0.4 is 5.32 Å². The molecule has 0 radical (unpaired) electrons. The van der Waals surface area contributed by atoms with Crippen LogP contribution in [0, 0.1) is 12.8 Å². The van der Waals surface area contributed by atoms with E-state index in [1.54, 1.807) is 6.26 Å². The molecule has 0 spiro atoms. The Morgan fingerprint density at radius 2 is 2.25 bits per heavy atom. The maximum Gasteiger partial charge on any atom is 0.173 e. The van der Waals surface area contributed by atoms with Crippen molar-refractivity contribution in [2.24, 2.45) is 5.92 Å². The zero-order valence-corrected chi connectivity index (χ0v) is 18.4. The third-order valence-corrected chi connectivity index (χ3v) is 5.89. The van der Waals surface area contributed by atoms with Crippen molar-refractivity contribution in [2.45, 2.75) is 39.7 Å². The summed E-state index contributed by atoms with van der Waals surface area (Å²) in [7, 11) is 0. The van der Waals surface area contributed by atoms with Crippen LogP contribution in [0.5, 0.6) is 0 Å². The molecular formula is C22H30ClN3OS. The first-order chi connectivity index (χ1) is 13.5. The summed E-state index contributed by atoms with van der Waals surface area (Å²) in [5, 5.41) is 4.78. The average molecular weight is 420 g/mol. The molecule has 6 heteroatoms. The Labute approximate surface area is 178 Å². The molecule has 0 aliphatic carbocycles. The first-order valence-electron chi connectivity index (χ1n) is 10.1. The number of aryl methyl sites for hydroxylation is 1. The van der Waals surface area contributed by atoms with Gasteiger partial charge in [-0.25, -0.2) is 0 Å². The monoisotopic (exact) mass is 419 g/mol. The lowest BCUT2D eigenvalue weighted by molar-refractivity contribution is 0.177. The predicted octanol–water partition coefficient (Wildman–Crippen LogP) is 5.56. The van der Waals surface area contributed by atoms with Crippen molar-refractivity contribution < 1.29 is 4.42 Å². The highest BCUT2D eigenvalue weighted by atomic mass is 35.5. The minimum absolute atomic E-state index is 0.662. The maximum absolute atomic E-state index is 6.16. The highest BCUT2D eigenvalue weighted by Crippen LogP contribution is 2.21. The first-order valence-corrected chi connectivity index (χ1v) is 10.9. The molecule has 4 nitrogen and oxygen atoms in total. The fraction of sp³-hybridized carbons (Fsp3) is 0.500. The number of hydrogen-bond donors (Lipinski definition) is 1. The number of halogens is 1. The van der Waals surface area contributed by atoms with Crippen LogP contribution in [0.2, 0.25) is 5.02 Å². The number of anilines is 1. The number of furan rings is 1. The van der Waals surface area contributed by atoms with Crippen molar-refractivity contribution in [1.29, 1.82) is 0 Å². The molecule has 2 aromatic rings. The van der Waals surface area contributed by atoms with Crippen LogP contribution >= 0.6 is 23.8 Å². The maximum atomic E-state index is 6.16. The molecule has 1 aromatic heterocycles. The molecular weight excluding hydrogens is 390 g/mol. The van der Waals surface area contributed by atoms with Crippen molar-refractivity contribution in [3.63, 3.8) is 0 Å². The molecule has 0 unspecified atom stereocenters. The molecule has 3 rings (SSSR count). The van der Waals surface area contributed by atoms with Gasteiger partial charge in [-0.2, -0.15) is 0 Å². The topological polar surface area (TPSA) is 31.6 Å². The van der Waals surface area contributed by atoms with E-state index >= 15 is 0 Å². The van der Waals surface area contributed by atoms with E-state index in [1.165, 1.54) is 25.9 Å². The van der Waals surface area contributed by atoms with Crippen LogP contribution in [0.1, 0.15) is 37.5 Å². The molecule has 1 aliphatic heterocycles. The van der Waals surface area contributed by atoms with Gasteiger partial charge >= 0.3 is 0 Å². The Hall–Kier alpha value is -1.56. The van der Waals surface area contributed by atoms with Crippen molar-refractivity contribution in [1.82, 2.24) is 9.80 Å². The summed E-state index contributed by atoms with van der Waals surface area (Å²) in [5.41, 5.74) is 2.07. The van der Waals surface area contributed by atoms with Crippen molar-refractivity contribution in [3.05, 3.63) is 52.9 Å². The van der Waals surface area contributed by atoms with Gasteiger partial charge in [0, 0.05) is 23.8 Å². The summed E-state index contributed by atoms with van der Waals surface area (Å²) in [6.45, 7) is 9.48. The van der Waals surface area contributed by atoms with E-state index in [-0.39, 0.29) is 0 Å². The van der Waals surface area contributed by atoms with E-state index in [0.29, 0.717) is 16.7 Å². The number of benzene rings is 1. The Morgan fingerprint density at radius 1 is 1.39 bits per heavy atom. The third kappa shape index (κ3) is 6.23. The largest absolute Gasteiger partial charge is 0.467 e. The molecule has 152 valence electrons. The lowest BCUT2D eigenvalue weighted by atomic mass is 10.0. The second-order valence-corrected chi connectivity index (χ2v) is 8.62. The molecule has 1 aromatic carbocycles. The summed E-state index contributed by atoms with van der Waals surface area (Å²) in [4.78, 5) is 4.76. The highest BCUT2D eigenvalue weighted by Gasteiger charge is 2.17. The lowest BCUT2D eigenvalue weighted by Gasteiger charge is -2.32. The molecule has 0 bridgehead atoms. The molecule has 1 atom stereocenters. The van der Waals surface area contributed by atoms with E-state index < -0.39 is 0 Å². The molecule has 0 amide bonds. The smallest absolute Gasteiger partial charge is 0.173 e. The van der Waals surface area contributed by atoms with Gasteiger partial charge in [-0.1, -0.05) is 24.6 Å². The van der Waals surface area contributed by atoms with E-state index in [4.69, 9.17) is 28.2 Å². The minimum atomic E-state index is 0.662. The van der Waals surface area contributed by atoms with Gasteiger partial charge in [0.1, 0.15) is 5.76 Å². The number of thiocarbonyl (C=S) groups is 1. The van der Waals surface area contributed by atoms with Crippen LogP contribution in [0.3, 0.4) is 0 Å². The number of likely N-dealkylation sites (tertiary alicyclic amines) is 1. The number of nitrogens with zero attached hydrogens (tertiary/aromatic N) is 2. The normalized spacial score (nSPS) is 17.5. The Balaban J connectivity index is 1.60. The van der Waals surface area contributed by atoms with E-state index in [1.807, 2.05) is 30.3 Å². The van der Waals surface area contributed by atoms with Gasteiger partial charge in [-0.15, -0.1) is 0 Å². The van der Waals surface area contributed by atoms with Gasteiger partial charge in [0.25, 0.3) is 0 Å². The van der Waals surface area contributed by atoms with Gasteiger partial charge in [0.05, 0.1) is 12.8 Å². The molecule has 0 saturated carbocycles. The molecule has 1 N–H and O–H groups in total. The van der Waals surface area contributed by atoms with Crippen LogP contribution in [-0.2, 0) is 6.54 Å². The summed E-state index contributed by atoms with van der Waals surface area (Å²) in [6, 6.07) is 9.73. The highest BCUT2D eigenvalue weighted by molar-refractivity contribution is 7.80. The van der Waals surface area contributed by atoms with Crippen LogP contribution in [-0.4, -0.2) is 41.1 Å². The fourth-order valence-corrected chi connectivity index (χ4v) is 4.18. The molecule has 1 saturated heterocycles.